The van der Waals surface area contributed by atoms with E-state index in [1.807, 2.05) is 53.7 Å². The van der Waals surface area contributed by atoms with Crippen LogP contribution in [0.2, 0.25) is 0 Å². The Balaban J connectivity index is 2.82. The van der Waals surface area contributed by atoms with Gasteiger partial charge >= 0.3 is 6.09 Å². The van der Waals surface area contributed by atoms with Gasteiger partial charge in [0.05, 0.1) is 11.4 Å². The van der Waals surface area contributed by atoms with Crippen LogP contribution in [0.25, 0.3) is 0 Å². The zero-order valence-electron chi connectivity index (χ0n) is 14.6. The molecular weight excluding hydrogens is 278 g/mol. The van der Waals surface area contributed by atoms with Crippen LogP contribution >= 0.6 is 0 Å². The standard InChI is InChI=1S/C17H29N3O2/c1-16(2,3)20(15(21)22-17(4,5)6)10-9-12-7-8-13(18)14(19)11-12/h7-8,11H,9-10,18-19H2,1-6H3. The number of amides is 1. The van der Waals surface area contributed by atoms with E-state index in [0.717, 1.165) is 5.56 Å². The van der Waals surface area contributed by atoms with Gasteiger partial charge in [0.25, 0.3) is 0 Å². The van der Waals surface area contributed by atoms with Crippen molar-refractivity contribution in [2.24, 2.45) is 0 Å². The van der Waals surface area contributed by atoms with E-state index in [9.17, 15) is 4.79 Å². The molecule has 5 nitrogen and oxygen atoms in total. The molecule has 1 rings (SSSR count). The van der Waals surface area contributed by atoms with Crippen molar-refractivity contribution in [3.05, 3.63) is 23.8 Å². The van der Waals surface area contributed by atoms with E-state index in [4.69, 9.17) is 16.2 Å². The molecule has 0 aliphatic carbocycles. The van der Waals surface area contributed by atoms with Crippen molar-refractivity contribution in [1.29, 1.82) is 0 Å². The third-order valence-electron chi connectivity index (χ3n) is 3.20. The average Bonchev–Trinajstić information content (AvgIpc) is 2.29. The summed E-state index contributed by atoms with van der Waals surface area (Å²) in [4.78, 5) is 14.1. The van der Waals surface area contributed by atoms with E-state index in [2.05, 4.69) is 0 Å². The van der Waals surface area contributed by atoms with Gasteiger partial charge in [-0.3, -0.25) is 0 Å². The van der Waals surface area contributed by atoms with Crippen molar-refractivity contribution < 1.29 is 9.53 Å². The van der Waals surface area contributed by atoms with E-state index < -0.39 is 5.60 Å². The molecular formula is C17H29N3O2. The van der Waals surface area contributed by atoms with E-state index in [-0.39, 0.29) is 11.6 Å². The molecule has 0 saturated carbocycles. The Hall–Kier alpha value is -1.91. The smallest absolute Gasteiger partial charge is 0.410 e. The van der Waals surface area contributed by atoms with Crippen LogP contribution < -0.4 is 11.5 Å². The Kier molecular flexibility index (Phi) is 5.33. The Bertz CT molecular complexity index is 528. The summed E-state index contributed by atoms with van der Waals surface area (Å²) in [5.74, 6) is 0. The number of nitrogen functional groups attached to an aromatic ring is 2. The predicted molar refractivity (Wildman–Crippen MR) is 91.7 cm³/mol. The fourth-order valence-corrected chi connectivity index (χ4v) is 2.04. The monoisotopic (exact) mass is 307 g/mol. The van der Waals surface area contributed by atoms with Gasteiger partial charge in [-0.05, 0) is 65.7 Å². The fourth-order valence-electron chi connectivity index (χ4n) is 2.04. The summed E-state index contributed by atoms with van der Waals surface area (Å²) in [6, 6.07) is 5.58. The van der Waals surface area contributed by atoms with Crippen molar-refractivity contribution in [2.75, 3.05) is 18.0 Å². The molecule has 124 valence electrons. The molecule has 0 heterocycles. The van der Waals surface area contributed by atoms with Gasteiger partial charge in [-0.25, -0.2) is 4.79 Å². The molecule has 0 fully saturated rings. The number of hydrogen-bond acceptors (Lipinski definition) is 4. The first-order valence-electron chi connectivity index (χ1n) is 7.54. The Morgan fingerprint density at radius 2 is 1.68 bits per heavy atom. The van der Waals surface area contributed by atoms with E-state index >= 15 is 0 Å². The molecule has 22 heavy (non-hydrogen) atoms. The number of hydrogen-bond donors (Lipinski definition) is 2. The number of nitrogens with zero attached hydrogens (tertiary/aromatic N) is 1. The fraction of sp³-hybridized carbons (Fsp3) is 0.588. The second kappa shape index (κ2) is 6.46. The first-order valence-corrected chi connectivity index (χ1v) is 7.54. The van der Waals surface area contributed by atoms with Gasteiger partial charge in [0, 0.05) is 12.1 Å². The average molecular weight is 307 g/mol. The van der Waals surface area contributed by atoms with Gasteiger partial charge < -0.3 is 21.1 Å². The second-order valence-corrected chi connectivity index (χ2v) is 7.52. The lowest BCUT2D eigenvalue weighted by atomic mass is 10.0. The summed E-state index contributed by atoms with van der Waals surface area (Å²) in [6.07, 6.45) is 0.393. The molecule has 0 bridgehead atoms. The number of rotatable bonds is 3. The minimum absolute atomic E-state index is 0.302. The number of carbonyl (C=O) groups excluding carboxylic acids is 1. The number of benzene rings is 1. The van der Waals surface area contributed by atoms with Crippen LogP contribution in [-0.4, -0.2) is 28.7 Å². The molecule has 4 N–H and O–H groups in total. The number of carbonyl (C=O) groups is 1. The van der Waals surface area contributed by atoms with Crippen LogP contribution in [0.1, 0.15) is 47.1 Å². The largest absolute Gasteiger partial charge is 0.444 e. The third kappa shape index (κ3) is 5.47. The lowest BCUT2D eigenvalue weighted by Gasteiger charge is -2.37. The SMILES string of the molecule is CC(C)(C)OC(=O)N(CCc1ccc(N)c(N)c1)C(C)(C)C. The minimum atomic E-state index is -0.508. The van der Waals surface area contributed by atoms with Crippen LogP contribution in [0, 0.1) is 0 Å². The van der Waals surface area contributed by atoms with Crippen LogP contribution in [0.15, 0.2) is 18.2 Å². The molecule has 0 saturated heterocycles. The first-order chi connectivity index (χ1) is 9.90. The molecule has 0 atom stereocenters. The zero-order chi connectivity index (χ0) is 17.1. The van der Waals surface area contributed by atoms with Gasteiger partial charge in [0.2, 0.25) is 0 Å². The topological polar surface area (TPSA) is 81.6 Å². The van der Waals surface area contributed by atoms with Gasteiger partial charge in [-0.15, -0.1) is 0 Å². The lowest BCUT2D eigenvalue weighted by molar-refractivity contribution is 0.00665. The molecule has 1 amide bonds. The zero-order valence-corrected chi connectivity index (χ0v) is 14.6. The van der Waals surface area contributed by atoms with Crippen molar-refractivity contribution >= 4 is 17.5 Å². The van der Waals surface area contributed by atoms with E-state index in [0.29, 0.717) is 24.3 Å². The Morgan fingerprint density at radius 1 is 1.09 bits per heavy atom. The summed E-state index contributed by atoms with van der Waals surface area (Å²) in [7, 11) is 0. The number of nitrogens with two attached hydrogens (primary N) is 2. The lowest BCUT2D eigenvalue weighted by Crippen LogP contribution is -2.48. The second-order valence-electron chi connectivity index (χ2n) is 7.52. The Labute approximate surface area is 133 Å². The van der Waals surface area contributed by atoms with Gasteiger partial charge in [-0.1, -0.05) is 6.07 Å². The van der Waals surface area contributed by atoms with Crippen molar-refractivity contribution in [3.63, 3.8) is 0 Å². The molecule has 0 radical (unpaired) electrons. The van der Waals surface area contributed by atoms with Gasteiger partial charge in [0.1, 0.15) is 5.60 Å². The van der Waals surface area contributed by atoms with Gasteiger partial charge in [-0.2, -0.15) is 0 Å². The maximum Gasteiger partial charge on any atom is 0.410 e. The molecule has 0 aromatic heterocycles. The van der Waals surface area contributed by atoms with Crippen LogP contribution in [0.5, 0.6) is 0 Å². The van der Waals surface area contributed by atoms with E-state index in [1.165, 1.54) is 0 Å². The number of ether oxygens (including phenoxy) is 1. The molecule has 1 aromatic carbocycles. The molecule has 5 heteroatoms. The highest BCUT2D eigenvalue weighted by atomic mass is 16.6. The highest BCUT2D eigenvalue weighted by Gasteiger charge is 2.30. The third-order valence-corrected chi connectivity index (χ3v) is 3.20. The van der Waals surface area contributed by atoms with Crippen LogP contribution in [0.3, 0.4) is 0 Å². The number of anilines is 2. The maximum absolute atomic E-state index is 12.4. The summed E-state index contributed by atoms with van der Waals surface area (Å²) in [6.45, 7) is 12.1. The van der Waals surface area contributed by atoms with Gasteiger partial charge in [0.15, 0.2) is 0 Å². The highest BCUT2D eigenvalue weighted by Crippen LogP contribution is 2.21. The van der Waals surface area contributed by atoms with Crippen molar-refractivity contribution in [3.8, 4) is 0 Å². The molecule has 0 unspecified atom stereocenters. The summed E-state index contributed by atoms with van der Waals surface area (Å²) < 4.78 is 5.50. The van der Waals surface area contributed by atoms with E-state index in [1.54, 1.807) is 11.0 Å². The first kappa shape index (κ1) is 18.1. The normalized spacial score (nSPS) is 12.1. The van der Waals surface area contributed by atoms with Crippen molar-refractivity contribution in [2.45, 2.75) is 59.1 Å². The summed E-state index contributed by atoms with van der Waals surface area (Å²) in [5.41, 5.74) is 12.9. The van der Waals surface area contributed by atoms with Crippen molar-refractivity contribution in [1.82, 2.24) is 4.90 Å². The molecule has 1 aromatic rings. The van der Waals surface area contributed by atoms with Crippen LogP contribution in [-0.2, 0) is 11.2 Å². The molecule has 0 aliphatic heterocycles. The summed E-state index contributed by atoms with van der Waals surface area (Å²) in [5, 5.41) is 0. The molecule has 0 spiro atoms. The van der Waals surface area contributed by atoms with Crippen LogP contribution in [0.4, 0.5) is 16.2 Å². The predicted octanol–water partition coefficient (Wildman–Crippen LogP) is 3.43. The highest BCUT2D eigenvalue weighted by molar-refractivity contribution is 5.69. The quantitative estimate of drug-likeness (QED) is 0.838. The minimum Gasteiger partial charge on any atom is -0.444 e. The Morgan fingerprint density at radius 3 is 2.14 bits per heavy atom. The maximum atomic E-state index is 12.4. The summed E-state index contributed by atoms with van der Waals surface area (Å²) >= 11 is 0. The molecule has 0 aliphatic rings.